The molecule has 0 spiro atoms. The van der Waals surface area contributed by atoms with Gasteiger partial charge < -0.3 is 19.8 Å². The lowest BCUT2D eigenvalue weighted by atomic mass is 10.2. The van der Waals surface area contributed by atoms with Crippen molar-refractivity contribution >= 4 is 11.6 Å². The molecule has 0 aliphatic rings. The molecule has 2 aromatic rings. The number of nitrogens with one attached hydrogen (secondary N) is 2. The Kier molecular flexibility index (Phi) is 5.11. The van der Waals surface area contributed by atoms with Gasteiger partial charge in [-0.2, -0.15) is 0 Å². The Morgan fingerprint density at radius 2 is 1.95 bits per heavy atom. The fourth-order valence-corrected chi connectivity index (χ4v) is 1.67. The zero-order valence-corrected chi connectivity index (χ0v) is 11.6. The van der Waals surface area contributed by atoms with Gasteiger partial charge in [0.15, 0.2) is 0 Å². The lowest BCUT2D eigenvalue weighted by Crippen LogP contribution is -2.15. The average Bonchev–Trinajstić information content (AvgIpc) is 2.49. The van der Waals surface area contributed by atoms with Crippen LogP contribution in [-0.2, 0) is 4.74 Å². The number of methoxy groups -OCH3 is 1. The largest absolute Gasteiger partial charge is 0.491 e. The van der Waals surface area contributed by atoms with Crippen molar-refractivity contribution in [1.29, 1.82) is 0 Å². The number of rotatable bonds is 6. The fourth-order valence-electron chi connectivity index (χ4n) is 1.67. The van der Waals surface area contributed by atoms with Crippen LogP contribution >= 0.6 is 0 Å². The number of carbonyl (C=O) groups excluding carboxylic acids is 1. The molecule has 0 saturated carbocycles. The van der Waals surface area contributed by atoms with Crippen molar-refractivity contribution in [2.24, 2.45) is 0 Å². The minimum atomic E-state index is -0.339. The van der Waals surface area contributed by atoms with Gasteiger partial charge in [0.05, 0.1) is 6.61 Å². The molecule has 0 unspecified atom stereocenters. The molecule has 1 aromatic carbocycles. The number of ether oxygens (including phenoxy) is 2. The fraction of sp³-hybridized carbons (Fsp3) is 0.200. The number of hydrogen-bond acceptors (Lipinski definition) is 4. The highest BCUT2D eigenvalue weighted by atomic mass is 16.5. The number of carbonyl (C=O) groups is 1. The number of hydrogen-bond donors (Lipinski definition) is 2. The van der Waals surface area contributed by atoms with Crippen LogP contribution in [0.3, 0.4) is 0 Å². The number of benzene rings is 1. The van der Waals surface area contributed by atoms with Gasteiger partial charge in [0.2, 0.25) is 5.56 Å². The molecule has 2 rings (SSSR count). The van der Waals surface area contributed by atoms with Crippen LogP contribution in [0.15, 0.2) is 47.4 Å². The number of anilines is 1. The Bertz CT molecular complexity index is 649. The topological polar surface area (TPSA) is 80.4 Å². The van der Waals surface area contributed by atoms with Gasteiger partial charge in [-0.25, -0.2) is 0 Å². The summed E-state index contributed by atoms with van der Waals surface area (Å²) in [7, 11) is 1.61. The van der Waals surface area contributed by atoms with Crippen LogP contribution in [0, 0.1) is 0 Å². The molecule has 0 aliphatic carbocycles. The van der Waals surface area contributed by atoms with E-state index in [1.165, 1.54) is 12.3 Å². The van der Waals surface area contributed by atoms with E-state index in [1.807, 2.05) is 0 Å². The zero-order chi connectivity index (χ0) is 15.1. The maximum atomic E-state index is 12.0. The minimum absolute atomic E-state index is 0.305. The second-order valence-electron chi connectivity index (χ2n) is 4.26. The van der Waals surface area contributed by atoms with Crippen molar-refractivity contribution < 1.29 is 14.3 Å². The molecule has 1 amide bonds. The predicted octanol–water partition coefficient (Wildman–Crippen LogP) is 1.65. The van der Waals surface area contributed by atoms with E-state index in [-0.39, 0.29) is 11.5 Å². The van der Waals surface area contributed by atoms with Gasteiger partial charge in [0.1, 0.15) is 12.4 Å². The van der Waals surface area contributed by atoms with E-state index in [2.05, 4.69) is 10.3 Å². The first-order valence-corrected chi connectivity index (χ1v) is 6.41. The lowest BCUT2D eigenvalue weighted by Gasteiger charge is -2.08. The summed E-state index contributed by atoms with van der Waals surface area (Å²) in [4.78, 5) is 25.6. The predicted molar refractivity (Wildman–Crippen MR) is 78.8 cm³/mol. The average molecular weight is 288 g/mol. The molecule has 6 nitrogen and oxygen atoms in total. The second-order valence-corrected chi connectivity index (χ2v) is 4.26. The summed E-state index contributed by atoms with van der Waals surface area (Å²) < 4.78 is 10.3. The molecule has 0 saturated heterocycles. The summed E-state index contributed by atoms with van der Waals surface area (Å²) in [6, 6.07) is 9.75. The van der Waals surface area contributed by atoms with Crippen LogP contribution in [0.1, 0.15) is 10.4 Å². The molecule has 2 N–H and O–H groups in total. The van der Waals surface area contributed by atoms with E-state index in [0.717, 1.165) is 0 Å². The third-order valence-corrected chi connectivity index (χ3v) is 2.71. The first-order valence-electron chi connectivity index (χ1n) is 6.41. The molecular weight excluding hydrogens is 272 g/mol. The Balaban J connectivity index is 1.96. The van der Waals surface area contributed by atoms with Crippen molar-refractivity contribution in [2.75, 3.05) is 25.6 Å². The van der Waals surface area contributed by atoms with E-state index in [0.29, 0.717) is 30.2 Å². The maximum Gasteiger partial charge on any atom is 0.255 e. The van der Waals surface area contributed by atoms with Crippen LogP contribution in [0.25, 0.3) is 0 Å². The van der Waals surface area contributed by atoms with Crippen LogP contribution in [0.5, 0.6) is 5.75 Å². The molecule has 0 bridgehead atoms. The summed E-state index contributed by atoms with van der Waals surface area (Å²) >= 11 is 0. The SMILES string of the molecule is COCCOc1ccc(NC(=O)c2cc[nH]c(=O)c2)cc1. The maximum absolute atomic E-state index is 12.0. The van der Waals surface area contributed by atoms with Crippen LogP contribution in [0.2, 0.25) is 0 Å². The highest BCUT2D eigenvalue weighted by Gasteiger charge is 2.06. The second kappa shape index (κ2) is 7.25. The molecule has 0 atom stereocenters. The Morgan fingerprint density at radius 3 is 2.62 bits per heavy atom. The lowest BCUT2D eigenvalue weighted by molar-refractivity contribution is 0.102. The first kappa shape index (κ1) is 14.8. The summed E-state index contributed by atoms with van der Waals surface area (Å²) in [5, 5.41) is 2.71. The summed E-state index contributed by atoms with van der Waals surface area (Å²) in [6.45, 7) is 0.982. The van der Waals surface area contributed by atoms with E-state index in [9.17, 15) is 9.59 Å². The number of pyridine rings is 1. The van der Waals surface area contributed by atoms with Crippen LogP contribution < -0.4 is 15.6 Å². The van der Waals surface area contributed by atoms with E-state index >= 15 is 0 Å². The molecule has 6 heteroatoms. The molecule has 1 aromatic heterocycles. The highest BCUT2D eigenvalue weighted by molar-refractivity contribution is 6.04. The normalized spacial score (nSPS) is 10.1. The monoisotopic (exact) mass is 288 g/mol. The molecule has 0 radical (unpaired) electrons. The highest BCUT2D eigenvalue weighted by Crippen LogP contribution is 2.16. The molecule has 0 aliphatic heterocycles. The van der Waals surface area contributed by atoms with Crippen molar-refractivity contribution in [3.63, 3.8) is 0 Å². The van der Waals surface area contributed by atoms with Gasteiger partial charge in [-0.1, -0.05) is 0 Å². The van der Waals surface area contributed by atoms with Crippen molar-refractivity contribution in [1.82, 2.24) is 4.98 Å². The van der Waals surface area contributed by atoms with Crippen molar-refractivity contribution in [3.8, 4) is 5.75 Å². The van der Waals surface area contributed by atoms with Crippen molar-refractivity contribution in [3.05, 3.63) is 58.5 Å². The van der Waals surface area contributed by atoms with Crippen LogP contribution in [-0.4, -0.2) is 31.2 Å². The molecular formula is C15H16N2O4. The number of H-pyrrole nitrogens is 1. The number of amides is 1. The van der Waals surface area contributed by atoms with Crippen LogP contribution in [0.4, 0.5) is 5.69 Å². The smallest absolute Gasteiger partial charge is 0.255 e. The minimum Gasteiger partial charge on any atom is -0.491 e. The summed E-state index contributed by atoms with van der Waals surface area (Å²) in [5.41, 5.74) is 0.614. The summed E-state index contributed by atoms with van der Waals surface area (Å²) in [6.07, 6.45) is 1.43. The Hall–Kier alpha value is -2.60. The number of aromatic amines is 1. The van der Waals surface area contributed by atoms with Gasteiger partial charge in [-0.05, 0) is 30.3 Å². The van der Waals surface area contributed by atoms with Gasteiger partial charge in [0.25, 0.3) is 5.91 Å². The van der Waals surface area contributed by atoms with Gasteiger partial charge in [-0.15, -0.1) is 0 Å². The third kappa shape index (κ3) is 4.47. The van der Waals surface area contributed by atoms with E-state index in [1.54, 1.807) is 37.4 Å². The third-order valence-electron chi connectivity index (χ3n) is 2.71. The van der Waals surface area contributed by atoms with E-state index in [4.69, 9.17) is 9.47 Å². The first-order chi connectivity index (χ1) is 10.2. The molecule has 21 heavy (non-hydrogen) atoms. The van der Waals surface area contributed by atoms with Gasteiger partial charge in [0, 0.05) is 30.6 Å². The van der Waals surface area contributed by atoms with Gasteiger partial charge in [-0.3, -0.25) is 9.59 Å². The quantitative estimate of drug-likeness (QED) is 0.792. The Labute approximate surface area is 121 Å². The summed E-state index contributed by atoms with van der Waals surface area (Å²) in [5.74, 6) is 0.357. The van der Waals surface area contributed by atoms with Gasteiger partial charge >= 0.3 is 0 Å². The standard InChI is InChI=1S/C15H16N2O4/c1-20-8-9-21-13-4-2-12(3-5-13)17-15(19)11-6-7-16-14(18)10-11/h2-7,10H,8-9H2,1H3,(H,16,18)(H,17,19). The molecule has 0 fully saturated rings. The zero-order valence-electron chi connectivity index (χ0n) is 11.6. The molecule has 110 valence electrons. The number of aromatic nitrogens is 1. The van der Waals surface area contributed by atoms with Crippen molar-refractivity contribution in [2.45, 2.75) is 0 Å². The molecule has 1 heterocycles. The Morgan fingerprint density at radius 1 is 1.19 bits per heavy atom. The van der Waals surface area contributed by atoms with E-state index < -0.39 is 0 Å².